The van der Waals surface area contributed by atoms with E-state index in [1.54, 1.807) is 0 Å². The zero-order chi connectivity index (χ0) is 22.9. The number of halogens is 3. The standard InChI is InChI=1S/C23H28F3NO4/c1-16(27-15-21(28)18-5-3-6-19(14-18)23(24,25)26)13-17-8-10-20(11-9-17)31-12-4-7-22(29)30-2/h3,5-6,8-11,14,16,21,27-28H,4,7,12-13,15H2,1-2H3. The maximum absolute atomic E-state index is 12.8. The number of aliphatic hydroxyl groups is 1. The lowest BCUT2D eigenvalue weighted by atomic mass is 10.0. The number of hydrogen-bond acceptors (Lipinski definition) is 5. The Balaban J connectivity index is 1.77. The van der Waals surface area contributed by atoms with Crippen molar-refractivity contribution in [1.29, 1.82) is 0 Å². The normalized spacial score (nSPS) is 13.5. The number of nitrogens with one attached hydrogen (secondary N) is 1. The molecule has 0 aliphatic rings. The van der Waals surface area contributed by atoms with Gasteiger partial charge in [-0.15, -0.1) is 0 Å². The van der Waals surface area contributed by atoms with Crippen molar-refractivity contribution in [3.05, 3.63) is 65.2 Å². The topological polar surface area (TPSA) is 67.8 Å². The first kappa shape index (κ1) is 24.7. The first-order valence-electron chi connectivity index (χ1n) is 10.1. The number of esters is 1. The third-order valence-corrected chi connectivity index (χ3v) is 4.75. The van der Waals surface area contributed by atoms with Crippen LogP contribution in [-0.4, -0.2) is 37.4 Å². The Bertz CT molecular complexity index is 824. The second-order valence-electron chi connectivity index (χ2n) is 7.32. The molecule has 0 saturated carbocycles. The maximum Gasteiger partial charge on any atom is 0.416 e. The number of rotatable bonds is 11. The first-order chi connectivity index (χ1) is 14.7. The lowest BCUT2D eigenvalue weighted by molar-refractivity contribution is -0.141. The van der Waals surface area contributed by atoms with Crippen LogP contribution in [0, 0.1) is 0 Å². The van der Waals surface area contributed by atoms with Gasteiger partial charge in [0.25, 0.3) is 0 Å². The Morgan fingerprint density at radius 1 is 1.16 bits per heavy atom. The fourth-order valence-corrected chi connectivity index (χ4v) is 3.01. The molecule has 0 saturated heterocycles. The number of hydrogen-bond donors (Lipinski definition) is 2. The van der Waals surface area contributed by atoms with Gasteiger partial charge in [0, 0.05) is 19.0 Å². The highest BCUT2D eigenvalue weighted by Gasteiger charge is 2.30. The van der Waals surface area contributed by atoms with Crippen LogP contribution in [0.25, 0.3) is 0 Å². The fraction of sp³-hybridized carbons (Fsp3) is 0.435. The van der Waals surface area contributed by atoms with Crippen molar-refractivity contribution in [3.63, 3.8) is 0 Å². The van der Waals surface area contributed by atoms with Gasteiger partial charge in [-0.05, 0) is 55.2 Å². The highest BCUT2D eigenvalue weighted by molar-refractivity contribution is 5.69. The molecule has 0 heterocycles. The summed E-state index contributed by atoms with van der Waals surface area (Å²) in [4.78, 5) is 11.1. The van der Waals surface area contributed by atoms with Crippen molar-refractivity contribution in [2.24, 2.45) is 0 Å². The van der Waals surface area contributed by atoms with Crippen LogP contribution in [0.1, 0.15) is 42.6 Å². The van der Waals surface area contributed by atoms with Gasteiger partial charge in [-0.3, -0.25) is 4.79 Å². The second-order valence-corrected chi connectivity index (χ2v) is 7.32. The van der Waals surface area contributed by atoms with Gasteiger partial charge in [-0.25, -0.2) is 0 Å². The van der Waals surface area contributed by atoms with E-state index in [0.29, 0.717) is 31.6 Å². The van der Waals surface area contributed by atoms with Crippen LogP contribution in [0.15, 0.2) is 48.5 Å². The molecule has 2 aromatic carbocycles. The highest BCUT2D eigenvalue weighted by atomic mass is 19.4. The summed E-state index contributed by atoms with van der Waals surface area (Å²) in [6.45, 7) is 2.50. The summed E-state index contributed by atoms with van der Waals surface area (Å²) in [5.74, 6) is 0.438. The van der Waals surface area contributed by atoms with Crippen LogP contribution in [0.5, 0.6) is 5.75 Å². The molecule has 0 fully saturated rings. The van der Waals surface area contributed by atoms with Gasteiger partial charge in [-0.2, -0.15) is 13.2 Å². The van der Waals surface area contributed by atoms with Gasteiger partial charge >= 0.3 is 12.1 Å². The number of carbonyl (C=O) groups is 1. The number of aliphatic hydroxyl groups excluding tert-OH is 1. The minimum absolute atomic E-state index is 0.00673. The second kappa shape index (κ2) is 11.7. The molecule has 2 aromatic rings. The Morgan fingerprint density at radius 3 is 2.52 bits per heavy atom. The van der Waals surface area contributed by atoms with E-state index in [9.17, 15) is 23.1 Å². The van der Waals surface area contributed by atoms with Crippen molar-refractivity contribution >= 4 is 5.97 Å². The molecule has 0 bridgehead atoms. The molecule has 0 spiro atoms. The van der Waals surface area contributed by atoms with Crippen molar-refractivity contribution in [2.75, 3.05) is 20.3 Å². The number of benzene rings is 2. The lowest BCUT2D eigenvalue weighted by Crippen LogP contribution is -2.32. The highest BCUT2D eigenvalue weighted by Crippen LogP contribution is 2.30. The molecule has 2 N–H and O–H groups in total. The number of carbonyl (C=O) groups excluding carboxylic acids is 1. The van der Waals surface area contributed by atoms with Crippen molar-refractivity contribution in [3.8, 4) is 5.75 Å². The molecule has 8 heteroatoms. The van der Waals surface area contributed by atoms with Crippen LogP contribution >= 0.6 is 0 Å². The van der Waals surface area contributed by atoms with Gasteiger partial charge in [0.2, 0.25) is 0 Å². The predicted molar refractivity (Wildman–Crippen MR) is 111 cm³/mol. The summed E-state index contributed by atoms with van der Waals surface area (Å²) in [6, 6.07) is 12.3. The minimum Gasteiger partial charge on any atom is -0.494 e. The molecule has 0 aliphatic carbocycles. The quantitative estimate of drug-likeness (QED) is 0.404. The Morgan fingerprint density at radius 2 is 1.87 bits per heavy atom. The summed E-state index contributed by atoms with van der Waals surface area (Å²) in [6.07, 6.45) is -3.91. The molecule has 2 atom stereocenters. The van der Waals surface area contributed by atoms with Crippen molar-refractivity contribution < 1.29 is 32.5 Å². The zero-order valence-electron chi connectivity index (χ0n) is 17.6. The Kier molecular flexibility index (Phi) is 9.33. The van der Waals surface area contributed by atoms with E-state index in [4.69, 9.17) is 4.74 Å². The molecule has 0 aromatic heterocycles. The van der Waals surface area contributed by atoms with Gasteiger partial charge in [-0.1, -0.05) is 24.3 Å². The van der Waals surface area contributed by atoms with Gasteiger partial charge in [0.1, 0.15) is 5.75 Å². The average molecular weight is 439 g/mol. The van der Waals surface area contributed by atoms with Crippen LogP contribution in [-0.2, 0) is 22.1 Å². The van der Waals surface area contributed by atoms with E-state index in [0.717, 1.165) is 17.7 Å². The summed E-state index contributed by atoms with van der Waals surface area (Å²) in [7, 11) is 1.35. The van der Waals surface area contributed by atoms with E-state index >= 15 is 0 Å². The summed E-state index contributed by atoms with van der Waals surface area (Å²) < 4.78 is 48.6. The van der Waals surface area contributed by atoms with Crippen LogP contribution < -0.4 is 10.1 Å². The third-order valence-electron chi connectivity index (χ3n) is 4.75. The zero-order valence-corrected chi connectivity index (χ0v) is 17.6. The molecule has 0 amide bonds. The van der Waals surface area contributed by atoms with Gasteiger partial charge in [0.15, 0.2) is 0 Å². The molecule has 170 valence electrons. The average Bonchev–Trinajstić information content (AvgIpc) is 2.75. The summed E-state index contributed by atoms with van der Waals surface area (Å²) in [5, 5.41) is 13.4. The number of alkyl halides is 3. The van der Waals surface area contributed by atoms with Crippen LogP contribution in [0.3, 0.4) is 0 Å². The summed E-state index contributed by atoms with van der Waals surface area (Å²) >= 11 is 0. The first-order valence-corrected chi connectivity index (χ1v) is 10.1. The van der Waals surface area contributed by atoms with Gasteiger partial charge < -0.3 is 19.9 Å². The smallest absolute Gasteiger partial charge is 0.416 e. The third kappa shape index (κ3) is 8.59. The molecule has 2 rings (SSSR count). The van der Waals surface area contributed by atoms with Gasteiger partial charge in [0.05, 0.1) is 25.4 Å². The van der Waals surface area contributed by atoms with E-state index in [1.165, 1.54) is 19.2 Å². The van der Waals surface area contributed by atoms with E-state index in [2.05, 4.69) is 10.1 Å². The van der Waals surface area contributed by atoms with E-state index in [1.807, 2.05) is 31.2 Å². The monoisotopic (exact) mass is 439 g/mol. The molecule has 0 aliphatic heterocycles. The molecule has 5 nitrogen and oxygen atoms in total. The molecular weight excluding hydrogens is 411 g/mol. The summed E-state index contributed by atoms with van der Waals surface area (Å²) in [5.41, 5.74) is 0.503. The SMILES string of the molecule is COC(=O)CCCOc1ccc(CC(C)NCC(O)c2cccc(C(F)(F)F)c2)cc1. The van der Waals surface area contributed by atoms with Crippen LogP contribution in [0.2, 0.25) is 0 Å². The van der Waals surface area contributed by atoms with Crippen LogP contribution in [0.4, 0.5) is 13.2 Å². The lowest BCUT2D eigenvalue weighted by Gasteiger charge is -2.18. The molecule has 0 radical (unpaired) electrons. The molecule has 2 unspecified atom stereocenters. The number of ether oxygens (including phenoxy) is 2. The fourth-order valence-electron chi connectivity index (χ4n) is 3.01. The Hall–Kier alpha value is -2.58. The largest absolute Gasteiger partial charge is 0.494 e. The minimum atomic E-state index is -4.44. The van der Waals surface area contributed by atoms with Crippen molar-refractivity contribution in [1.82, 2.24) is 5.32 Å². The molecule has 31 heavy (non-hydrogen) atoms. The maximum atomic E-state index is 12.8. The van der Waals surface area contributed by atoms with E-state index < -0.39 is 17.8 Å². The molecular formula is C23H28F3NO4. The Labute approximate surface area is 180 Å². The van der Waals surface area contributed by atoms with Crippen molar-refractivity contribution in [2.45, 2.75) is 44.5 Å². The number of methoxy groups -OCH3 is 1. The van der Waals surface area contributed by atoms with E-state index in [-0.39, 0.29) is 24.1 Å². The predicted octanol–water partition coefficient (Wildman–Crippen LogP) is 4.29.